The second kappa shape index (κ2) is 4.20. The number of hydrogen-bond donors (Lipinski definition) is 1. The lowest BCUT2D eigenvalue weighted by atomic mass is 9.97. The first kappa shape index (κ1) is 10.7. The van der Waals surface area contributed by atoms with Gasteiger partial charge < -0.3 is 5.32 Å². The van der Waals surface area contributed by atoms with Crippen LogP contribution in [0.1, 0.15) is 27.2 Å². The van der Waals surface area contributed by atoms with Crippen LogP contribution in [0.4, 0.5) is 0 Å². The summed E-state index contributed by atoms with van der Waals surface area (Å²) in [5.74, 6) is 0.259. The van der Waals surface area contributed by atoms with Crippen LogP contribution in [0.3, 0.4) is 0 Å². The lowest BCUT2D eigenvalue weighted by Gasteiger charge is -2.35. The van der Waals surface area contributed by atoms with Gasteiger partial charge in [-0.3, -0.25) is 9.69 Å². The predicted octanol–water partition coefficient (Wildman–Crippen LogP) is 0.649. The second-order valence-electron chi connectivity index (χ2n) is 4.21. The van der Waals surface area contributed by atoms with Gasteiger partial charge in [0.05, 0.1) is 5.54 Å². The lowest BCUT2D eigenvalue weighted by Crippen LogP contribution is -2.50. The maximum Gasteiger partial charge on any atom is 0.149 e. The highest BCUT2D eigenvalue weighted by Gasteiger charge is 2.31. The van der Waals surface area contributed by atoms with E-state index in [4.69, 9.17) is 0 Å². The molecule has 0 radical (unpaired) electrons. The van der Waals surface area contributed by atoms with Gasteiger partial charge in [-0.1, -0.05) is 0 Å². The van der Waals surface area contributed by atoms with Gasteiger partial charge in [0, 0.05) is 19.6 Å². The topological polar surface area (TPSA) is 32.3 Å². The van der Waals surface area contributed by atoms with E-state index in [9.17, 15) is 4.79 Å². The molecule has 1 heterocycles. The van der Waals surface area contributed by atoms with Gasteiger partial charge in [0.25, 0.3) is 0 Å². The van der Waals surface area contributed by atoms with E-state index in [0.717, 1.165) is 32.6 Å². The van der Waals surface area contributed by atoms with Gasteiger partial charge in [-0.05, 0) is 33.7 Å². The molecule has 1 saturated heterocycles. The van der Waals surface area contributed by atoms with Gasteiger partial charge in [-0.25, -0.2) is 0 Å². The molecule has 0 saturated carbocycles. The average Bonchev–Trinajstić information content (AvgIpc) is 2.31. The van der Waals surface area contributed by atoms with Crippen molar-refractivity contribution in [3.63, 3.8) is 0 Å². The van der Waals surface area contributed by atoms with E-state index in [-0.39, 0.29) is 11.3 Å². The highest BCUT2D eigenvalue weighted by atomic mass is 16.1. The molecule has 0 aromatic heterocycles. The highest BCUT2D eigenvalue weighted by molar-refractivity contribution is 5.85. The fourth-order valence-electron chi connectivity index (χ4n) is 1.63. The number of nitrogens with one attached hydrogen (secondary N) is 1. The van der Waals surface area contributed by atoms with Gasteiger partial charge in [-0.2, -0.15) is 0 Å². The number of carbonyl (C=O) groups is 1. The fraction of sp³-hybridized carbons (Fsp3) is 0.900. The fourth-order valence-corrected chi connectivity index (χ4v) is 1.63. The Morgan fingerprint density at radius 2 is 2.00 bits per heavy atom. The Bertz CT molecular complexity index is 181. The van der Waals surface area contributed by atoms with E-state index >= 15 is 0 Å². The Kier molecular flexibility index (Phi) is 3.45. The zero-order chi connectivity index (χ0) is 9.90. The Balaban J connectivity index is 2.62. The van der Waals surface area contributed by atoms with Crippen molar-refractivity contribution in [3.8, 4) is 0 Å². The summed E-state index contributed by atoms with van der Waals surface area (Å²) in [6.07, 6.45) is 1.14. The third-order valence-electron chi connectivity index (χ3n) is 2.99. The normalized spacial score (nSPS) is 21.2. The Hall–Kier alpha value is -0.410. The molecule has 3 nitrogen and oxygen atoms in total. The number of hydrogen-bond acceptors (Lipinski definition) is 3. The van der Waals surface area contributed by atoms with Gasteiger partial charge in [0.2, 0.25) is 0 Å². The molecule has 1 fully saturated rings. The molecule has 76 valence electrons. The largest absolute Gasteiger partial charge is 0.315 e. The molecule has 0 spiro atoms. The molecule has 3 heteroatoms. The summed E-state index contributed by atoms with van der Waals surface area (Å²) >= 11 is 0. The molecule has 13 heavy (non-hydrogen) atoms. The maximum atomic E-state index is 11.4. The zero-order valence-corrected chi connectivity index (χ0v) is 8.89. The molecule has 0 aromatic rings. The van der Waals surface area contributed by atoms with Gasteiger partial charge >= 0.3 is 0 Å². The van der Waals surface area contributed by atoms with Crippen LogP contribution in [-0.2, 0) is 4.79 Å². The van der Waals surface area contributed by atoms with Gasteiger partial charge in [-0.15, -0.1) is 0 Å². The number of Topliss-reactive ketones (excluding diaryl/α,β-unsaturated/α-hetero) is 1. The molecule has 0 atom stereocenters. The minimum Gasteiger partial charge on any atom is -0.315 e. The van der Waals surface area contributed by atoms with E-state index in [1.807, 2.05) is 13.8 Å². The van der Waals surface area contributed by atoms with Crippen LogP contribution in [0, 0.1) is 0 Å². The van der Waals surface area contributed by atoms with E-state index in [1.165, 1.54) is 0 Å². The number of nitrogens with zero attached hydrogens (tertiary/aromatic N) is 1. The molecule has 0 unspecified atom stereocenters. The maximum absolute atomic E-state index is 11.4. The third kappa shape index (κ3) is 2.51. The molecule has 1 N–H and O–H groups in total. The summed E-state index contributed by atoms with van der Waals surface area (Å²) in [5, 5.41) is 3.34. The molecule has 1 rings (SSSR count). The van der Waals surface area contributed by atoms with Crippen LogP contribution in [0.25, 0.3) is 0 Å². The van der Waals surface area contributed by atoms with E-state index in [0.29, 0.717) is 0 Å². The highest BCUT2D eigenvalue weighted by Crippen LogP contribution is 2.16. The quantitative estimate of drug-likeness (QED) is 0.684. The van der Waals surface area contributed by atoms with Gasteiger partial charge in [0.15, 0.2) is 0 Å². The zero-order valence-electron chi connectivity index (χ0n) is 8.89. The SMILES string of the molecule is CC(=O)C(C)(C)N1CCCNCC1. The van der Waals surface area contributed by atoms with Crippen molar-refractivity contribution < 1.29 is 4.79 Å². The minimum absolute atomic E-state index is 0.259. The minimum atomic E-state index is -0.286. The van der Waals surface area contributed by atoms with Crippen molar-refractivity contribution in [3.05, 3.63) is 0 Å². The third-order valence-corrected chi connectivity index (χ3v) is 2.99. The standard InChI is InChI=1S/C10H20N2O/c1-9(13)10(2,3)12-7-4-5-11-6-8-12/h11H,4-8H2,1-3H3. The molecule has 1 aliphatic heterocycles. The van der Waals surface area contributed by atoms with Crippen molar-refractivity contribution in [2.45, 2.75) is 32.7 Å². The predicted molar refractivity (Wildman–Crippen MR) is 53.8 cm³/mol. The van der Waals surface area contributed by atoms with E-state index < -0.39 is 0 Å². The number of carbonyl (C=O) groups excluding carboxylic acids is 1. The van der Waals surface area contributed by atoms with Crippen LogP contribution >= 0.6 is 0 Å². The molecular weight excluding hydrogens is 164 g/mol. The molecule has 0 aromatic carbocycles. The first-order valence-corrected chi connectivity index (χ1v) is 5.02. The second-order valence-corrected chi connectivity index (χ2v) is 4.21. The summed E-state index contributed by atoms with van der Waals surface area (Å²) < 4.78 is 0. The molecular formula is C10H20N2O. The van der Waals surface area contributed by atoms with E-state index in [2.05, 4.69) is 10.2 Å². The molecule has 0 aliphatic carbocycles. The summed E-state index contributed by atoms with van der Waals surface area (Å²) in [7, 11) is 0. The Labute approximate surface area is 80.5 Å². The van der Waals surface area contributed by atoms with Crippen LogP contribution in [0.5, 0.6) is 0 Å². The number of rotatable bonds is 2. The summed E-state index contributed by atoms with van der Waals surface area (Å²) in [5.41, 5.74) is -0.286. The van der Waals surface area contributed by atoms with Crippen molar-refractivity contribution >= 4 is 5.78 Å². The van der Waals surface area contributed by atoms with Crippen molar-refractivity contribution in [2.75, 3.05) is 26.2 Å². The summed E-state index contributed by atoms with van der Waals surface area (Å²) in [6, 6.07) is 0. The summed E-state index contributed by atoms with van der Waals surface area (Å²) in [6.45, 7) is 9.78. The van der Waals surface area contributed by atoms with Crippen molar-refractivity contribution in [1.82, 2.24) is 10.2 Å². The van der Waals surface area contributed by atoms with Crippen LogP contribution < -0.4 is 5.32 Å². The van der Waals surface area contributed by atoms with E-state index in [1.54, 1.807) is 6.92 Å². The molecule has 0 amide bonds. The molecule has 1 aliphatic rings. The first-order valence-electron chi connectivity index (χ1n) is 5.02. The average molecular weight is 184 g/mol. The van der Waals surface area contributed by atoms with Crippen LogP contribution in [0.15, 0.2) is 0 Å². The smallest absolute Gasteiger partial charge is 0.149 e. The van der Waals surface area contributed by atoms with Crippen molar-refractivity contribution in [1.29, 1.82) is 0 Å². The summed E-state index contributed by atoms with van der Waals surface area (Å²) in [4.78, 5) is 13.7. The lowest BCUT2D eigenvalue weighted by molar-refractivity contribution is -0.127. The van der Waals surface area contributed by atoms with Crippen LogP contribution in [-0.4, -0.2) is 42.4 Å². The monoisotopic (exact) mass is 184 g/mol. The van der Waals surface area contributed by atoms with Crippen LogP contribution in [0.2, 0.25) is 0 Å². The Morgan fingerprint density at radius 1 is 1.31 bits per heavy atom. The number of ketones is 1. The van der Waals surface area contributed by atoms with Crippen molar-refractivity contribution in [2.24, 2.45) is 0 Å². The van der Waals surface area contributed by atoms with Gasteiger partial charge in [0.1, 0.15) is 5.78 Å². The first-order chi connectivity index (χ1) is 6.05. The Morgan fingerprint density at radius 3 is 2.62 bits per heavy atom. The molecule has 0 bridgehead atoms.